The van der Waals surface area contributed by atoms with E-state index in [1.807, 2.05) is 0 Å². The van der Waals surface area contributed by atoms with Crippen molar-refractivity contribution in [2.24, 2.45) is 16.6 Å². The molecule has 0 amide bonds. The van der Waals surface area contributed by atoms with E-state index in [0.29, 0.717) is 24.6 Å². The molecule has 0 saturated heterocycles. The summed E-state index contributed by atoms with van der Waals surface area (Å²) in [5.74, 6) is 0. The van der Waals surface area contributed by atoms with E-state index in [1.54, 1.807) is 0 Å². The molecular weight excluding hydrogens is 348 g/mol. The summed E-state index contributed by atoms with van der Waals surface area (Å²) in [5, 5.41) is 13.6. The number of rotatable bonds is 16. The van der Waals surface area contributed by atoms with Crippen molar-refractivity contribution in [3.8, 4) is 0 Å². The van der Waals surface area contributed by atoms with Gasteiger partial charge in [0.2, 0.25) is 0 Å². The molecule has 4 N–H and O–H groups in total. The molecule has 3 unspecified atom stereocenters. The average molecular weight is 399 g/mol. The zero-order chi connectivity index (χ0) is 20.9. The van der Waals surface area contributed by atoms with Gasteiger partial charge in [-0.3, -0.25) is 0 Å². The first-order chi connectivity index (χ1) is 13.3. The van der Waals surface area contributed by atoms with Gasteiger partial charge in [-0.15, -0.1) is 0 Å². The van der Waals surface area contributed by atoms with E-state index in [0.717, 1.165) is 32.4 Å². The third kappa shape index (κ3) is 12.4. The maximum atomic E-state index is 10.1. The number of aliphatic hydroxyl groups is 1. The summed E-state index contributed by atoms with van der Waals surface area (Å²) >= 11 is 0. The third-order valence-corrected chi connectivity index (χ3v) is 6.11. The van der Waals surface area contributed by atoms with E-state index >= 15 is 0 Å². The zero-order valence-corrected chi connectivity index (χ0v) is 19.4. The highest BCUT2D eigenvalue weighted by molar-refractivity contribution is 4.94. The lowest BCUT2D eigenvalue weighted by Crippen LogP contribution is -2.47. The molecule has 0 aromatic rings. The lowest BCUT2D eigenvalue weighted by molar-refractivity contribution is 0.0305. The number of nitrogens with two attached hydrogens (primary N) is 1. The van der Waals surface area contributed by atoms with Crippen LogP contribution >= 0.6 is 0 Å². The van der Waals surface area contributed by atoms with Crippen molar-refractivity contribution < 1.29 is 9.84 Å². The average Bonchev–Trinajstić information content (AvgIpc) is 2.57. The van der Waals surface area contributed by atoms with E-state index in [2.05, 4.69) is 33.0 Å². The molecule has 1 aliphatic carbocycles. The molecule has 0 aromatic carbocycles. The fourth-order valence-corrected chi connectivity index (χ4v) is 5.18. The van der Waals surface area contributed by atoms with Crippen LogP contribution in [0.1, 0.15) is 105 Å². The molecule has 4 heteroatoms. The molecule has 1 rings (SSSR count). The van der Waals surface area contributed by atoms with Crippen molar-refractivity contribution in [2.45, 2.75) is 117 Å². The molecule has 28 heavy (non-hydrogen) atoms. The second kappa shape index (κ2) is 14.0. The van der Waals surface area contributed by atoms with Crippen molar-refractivity contribution in [1.29, 1.82) is 0 Å². The minimum absolute atomic E-state index is 0.221. The maximum absolute atomic E-state index is 10.1. The Morgan fingerprint density at radius 3 is 2.21 bits per heavy atom. The Balaban J connectivity index is 1.97. The van der Waals surface area contributed by atoms with Crippen LogP contribution < -0.4 is 11.1 Å². The molecule has 0 aromatic heterocycles. The predicted molar refractivity (Wildman–Crippen MR) is 121 cm³/mol. The number of aliphatic hydroxyl groups excluding tert-OH is 1. The Kier molecular flexibility index (Phi) is 12.9. The topological polar surface area (TPSA) is 67.5 Å². The van der Waals surface area contributed by atoms with E-state index in [-0.39, 0.29) is 5.41 Å². The molecule has 168 valence electrons. The quantitative estimate of drug-likeness (QED) is 0.319. The molecule has 3 atom stereocenters. The number of nitrogens with one attached hydrogen (secondary N) is 1. The number of unbranched alkanes of at least 4 members (excludes halogenated alkanes) is 8. The number of hydrogen-bond acceptors (Lipinski definition) is 4. The van der Waals surface area contributed by atoms with Gasteiger partial charge < -0.3 is 20.9 Å². The summed E-state index contributed by atoms with van der Waals surface area (Å²) in [6.07, 6.45) is 14.8. The highest BCUT2D eigenvalue weighted by Gasteiger charge is 2.39. The summed E-state index contributed by atoms with van der Waals surface area (Å²) in [5.41, 5.74) is 6.80. The summed E-state index contributed by atoms with van der Waals surface area (Å²) in [4.78, 5) is 0. The van der Waals surface area contributed by atoms with Crippen LogP contribution in [0.4, 0.5) is 0 Å². The summed E-state index contributed by atoms with van der Waals surface area (Å²) < 4.78 is 5.66. The third-order valence-electron chi connectivity index (χ3n) is 6.11. The number of ether oxygens (including phenoxy) is 1. The van der Waals surface area contributed by atoms with Crippen LogP contribution in [0, 0.1) is 10.8 Å². The van der Waals surface area contributed by atoms with Crippen molar-refractivity contribution in [3.05, 3.63) is 0 Å². The SMILES string of the molecule is CCCCCCCCCCCOCC(O)CNCC1(C)CC(N)CC(C)(C)C1. The van der Waals surface area contributed by atoms with Gasteiger partial charge in [0.25, 0.3) is 0 Å². The van der Waals surface area contributed by atoms with E-state index in [9.17, 15) is 5.11 Å². The van der Waals surface area contributed by atoms with Gasteiger partial charge in [-0.05, 0) is 36.5 Å². The molecule has 0 radical (unpaired) electrons. The maximum Gasteiger partial charge on any atom is 0.0897 e. The van der Waals surface area contributed by atoms with Crippen molar-refractivity contribution in [1.82, 2.24) is 5.32 Å². The molecular formula is C24H50N2O2. The normalized spacial score (nSPS) is 25.7. The lowest BCUT2D eigenvalue weighted by Gasteiger charge is -2.46. The standard InChI is InChI=1S/C24H50N2O2/c1-5-6-7-8-9-10-11-12-13-14-28-18-22(27)17-26-20-24(4)16-21(25)15-23(2,3)19-24/h21-22,26-27H,5-20,25H2,1-4H3. The highest BCUT2D eigenvalue weighted by Crippen LogP contribution is 2.45. The van der Waals surface area contributed by atoms with Crippen LogP contribution in [0.25, 0.3) is 0 Å². The van der Waals surface area contributed by atoms with Crippen LogP contribution in [0.15, 0.2) is 0 Å². The second-order valence-corrected chi connectivity index (χ2v) is 10.5. The molecule has 4 nitrogen and oxygen atoms in total. The van der Waals surface area contributed by atoms with Crippen molar-refractivity contribution in [3.63, 3.8) is 0 Å². The van der Waals surface area contributed by atoms with Gasteiger partial charge in [-0.25, -0.2) is 0 Å². The molecule has 0 bridgehead atoms. The summed E-state index contributed by atoms with van der Waals surface area (Å²) in [6, 6.07) is 0.292. The first-order valence-electron chi connectivity index (χ1n) is 12.0. The molecule has 0 spiro atoms. The van der Waals surface area contributed by atoms with Gasteiger partial charge >= 0.3 is 0 Å². The van der Waals surface area contributed by atoms with Crippen molar-refractivity contribution >= 4 is 0 Å². The van der Waals surface area contributed by atoms with Crippen LogP contribution in [0.3, 0.4) is 0 Å². The predicted octanol–water partition coefficient (Wildman–Crippen LogP) is 5.03. The zero-order valence-electron chi connectivity index (χ0n) is 19.4. The van der Waals surface area contributed by atoms with Gasteiger partial charge in [-0.1, -0.05) is 79.1 Å². The van der Waals surface area contributed by atoms with Crippen molar-refractivity contribution in [2.75, 3.05) is 26.3 Å². The van der Waals surface area contributed by atoms with E-state index in [4.69, 9.17) is 10.5 Å². The van der Waals surface area contributed by atoms with E-state index < -0.39 is 6.10 Å². The molecule has 0 heterocycles. The smallest absolute Gasteiger partial charge is 0.0897 e. The second-order valence-electron chi connectivity index (χ2n) is 10.5. The van der Waals surface area contributed by atoms with Gasteiger partial charge in [0.05, 0.1) is 12.7 Å². The molecule has 1 saturated carbocycles. The molecule has 1 aliphatic rings. The Bertz CT molecular complexity index is 389. The Hall–Kier alpha value is -0.160. The Morgan fingerprint density at radius 1 is 1.00 bits per heavy atom. The van der Waals surface area contributed by atoms with Crippen LogP contribution in [0.2, 0.25) is 0 Å². The minimum atomic E-state index is -0.424. The van der Waals surface area contributed by atoms with E-state index in [1.165, 1.54) is 57.8 Å². The number of hydrogen-bond donors (Lipinski definition) is 3. The van der Waals surface area contributed by atoms with Gasteiger partial charge in [0.1, 0.15) is 0 Å². The fourth-order valence-electron chi connectivity index (χ4n) is 5.18. The molecule has 0 aliphatic heterocycles. The summed E-state index contributed by atoms with van der Waals surface area (Å²) in [6.45, 7) is 12.0. The van der Waals surface area contributed by atoms with Gasteiger partial charge in [0.15, 0.2) is 0 Å². The minimum Gasteiger partial charge on any atom is -0.389 e. The van der Waals surface area contributed by atoms with Crippen LogP contribution in [0.5, 0.6) is 0 Å². The first-order valence-corrected chi connectivity index (χ1v) is 12.0. The molecule has 1 fully saturated rings. The Labute approximate surface area is 175 Å². The first kappa shape index (κ1) is 25.9. The monoisotopic (exact) mass is 398 g/mol. The largest absolute Gasteiger partial charge is 0.389 e. The van der Waals surface area contributed by atoms with Gasteiger partial charge in [0, 0.05) is 25.7 Å². The Morgan fingerprint density at radius 2 is 1.61 bits per heavy atom. The summed E-state index contributed by atoms with van der Waals surface area (Å²) in [7, 11) is 0. The van der Waals surface area contributed by atoms with Crippen LogP contribution in [-0.2, 0) is 4.74 Å². The highest BCUT2D eigenvalue weighted by atomic mass is 16.5. The lowest BCUT2D eigenvalue weighted by atomic mass is 9.63. The fraction of sp³-hybridized carbons (Fsp3) is 1.00. The van der Waals surface area contributed by atoms with Crippen LogP contribution in [-0.4, -0.2) is 43.6 Å². The van der Waals surface area contributed by atoms with Gasteiger partial charge in [-0.2, -0.15) is 0 Å².